The molecule has 1 aliphatic rings. The lowest BCUT2D eigenvalue weighted by molar-refractivity contribution is 0.182. The molecule has 6 nitrogen and oxygen atoms in total. The highest BCUT2D eigenvalue weighted by atomic mass is 19.1. The molecule has 7 heteroatoms. The van der Waals surface area contributed by atoms with Crippen molar-refractivity contribution in [1.29, 1.82) is 0 Å². The smallest absolute Gasteiger partial charge is 0.195 e. The molecule has 0 N–H and O–H groups in total. The molecule has 1 fully saturated rings. The zero-order valence-corrected chi connectivity index (χ0v) is 18.0. The van der Waals surface area contributed by atoms with E-state index in [2.05, 4.69) is 10.1 Å². The molecule has 1 saturated heterocycles. The second kappa shape index (κ2) is 8.74. The summed E-state index contributed by atoms with van der Waals surface area (Å²) < 4.78 is 30.3. The van der Waals surface area contributed by atoms with E-state index in [1.807, 2.05) is 6.07 Å². The maximum absolute atomic E-state index is 13.4. The van der Waals surface area contributed by atoms with Gasteiger partial charge in [0, 0.05) is 35.5 Å². The van der Waals surface area contributed by atoms with Crippen LogP contribution in [0.4, 0.5) is 4.39 Å². The molecule has 32 heavy (non-hydrogen) atoms. The number of likely N-dealkylation sites (tertiary alicyclic amines) is 1. The third kappa shape index (κ3) is 4.12. The van der Waals surface area contributed by atoms with Crippen LogP contribution in [0.25, 0.3) is 21.9 Å². The van der Waals surface area contributed by atoms with Crippen molar-refractivity contribution in [3.8, 4) is 5.75 Å². The van der Waals surface area contributed by atoms with Crippen LogP contribution in [0, 0.1) is 12.7 Å². The van der Waals surface area contributed by atoms with Gasteiger partial charge in [-0.2, -0.15) is 0 Å². The van der Waals surface area contributed by atoms with Crippen molar-refractivity contribution in [2.24, 2.45) is 0 Å². The Kier molecular flexibility index (Phi) is 5.66. The molecule has 0 bridgehead atoms. The lowest BCUT2D eigenvalue weighted by Crippen LogP contribution is -2.34. The normalized spacial score (nSPS) is 15.6. The second-order valence-electron chi connectivity index (χ2n) is 8.43. The minimum atomic E-state index is -0.294. The van der Waals surface area contributed by atoms with Gasteiger partial charge in [-0.15, -0.1) is 0 Å². The molecule has 0 atom stereocenters. The summed E-state index contributed by atoms with van der Waals surface area (Å²) in [6.07, 6.45) is 4.38. The summed E-state index contributed by atoms with van der Waals surface area (Å²) in [5, 5.41) is 5.51. The minimum Gasteiger partial charge on any atom is -0.493 e. The van der Waals surface area contributed by atoms with E-state index >= 15 is 0 Å². The van der Waals surface area contributed by atoms with Gasteiger partial charge in [0.05, 0.1) is 18.3 Å². The maximum atomic E-state index is 13.4. The van der Waals surface area contributed by atoms with Gasteiger partial charge in [-0.3, -0.25) is 4.79 Å². The highest BCUT2D eigenvalue weighted by Crippen LogP contribution is 2.33. The van der Waals surface area contributed by atoms with Crippen LogP contribution in [0.5, 0.6) is 5.75 Å². The first-order valence-corrected chi connectivity index (χ1v) is 11.0. The number of fused-ring (bicyclic) bond motifs is 2. The monoisotopic (exact) mass is 436 g/mol. The fourth-order valence-electron chi connectivity index (χ4n) is 4.42. The Labute approximate surface area is 184 Å². The molecule has 5 rings (SSSR count). The number of hydrogen-bond acceptors (Lipinski definition) is 6. The molecule has 166 valence electrons. The quantitative estimate of drug-likeness (QED) is 0.395. The summed E-state index contributed by atoms with van der Waals surface area (Å²) in [5.74, 6) is 1.60. The van der Waals surface area contributed by atoms with Gasteiger partial charge in [0.1, 0.15) is 28.4 Å². The van der Waals surface area contributed by atoms with Crippen molar-refractivity contribution in [2.75, 3.05) is 26.2 Å². The van der Waals surface area contributed by atoms with Crippen LogP contribution < -0.4 is 10.2 Å². The van der Waals surface area contributed by atoms with Crippen LogP contribution in [0.1, 0.15) is 36.5 Å². The van der Waals surface area contributed by atoms with Crippen molar-refractivity contribution >= 4 is 21.9 Å². The van der Waals surface area contributed by atoms with Crippen molar-refractivity contribution in [2.45, 2.75) is 32.1 Å². The Morgan fingerprint density at radius 3 is 2.81 bits per heavy atom. The fraction of sp³-hybridized carbons (Fsp3) is 0.360. The van der Waals surface area contributed by atoms with Crippen molar-refractivity contribution in [3.63, 3.8) is 0 Å². The third-order valence-electron chi connectivity index (χ3n) is 6.23. The van der Waals surface area contributed by atoms with E-state index in [1.165, 1.54) is 18.4 Å². The van der Waals surface area contributed by atoms with Crippen LogP contribution >= 0.6 is 0 Å². The van der Waals surface area contributed by atoms with Crippen LogP contribution in [0.15, 0.2) is 56.4 Å². The molecule has 0 radical (unpaired) electrons. The molecule has 0 amide bonds. The summed E-state index contributed by atoms with van der Waals surface area (Å²) in [6, 6.07) is 9.99. The highest BCUT2D eigenvalue weighted by molar-refractivity contribution is 5.81. The molecule has 2 aromatic heterocycles. The van der Waals surface area contributed by atoms with E-state index in [-0.39, 0.29) is 11.2 Å². The Bertz CT molecular complexity index is 1300. The van der Waals surface area contributed by atoms with Crippen molar-refractivity contribution < 1.29 is 18.1 Å². The van der Waals surface area contributed by atoms with E-state index in [0.717, 1.165) is 50.0 Å². The predicted octanol–water partition coefficient (Wildman–Crippen LogP) is 5.03. The van der Waals surface area contributed by atoms with Crippen LogP contribution in [-0.4, -0.2) is 36.3 Å². The lowest BCUT2D eigenvalue weighted by atomic mass is 9.92. The maximum Gasteiger partial charge on any atom is 0.195 e. The average molecular weight is 436 g/mol. The minimum absolute atomic E-state index is 0.00769. The van der Waals surface area contributed by atoms with Gasteiger partial charge < -0.3 is 18.6 Å². The topological polar surface area (TPSA) is 68.7 Å². The molecule has 0 aliphatic carbocycles. The fourth-order valence-corrected chi connectivity index (χ4v) is 4.42. The van der Waals surface area contributed by atoms with Crippen molar-refractivity contribution in [3.05, 3.63) is 70.0 Å². The number of piperidine rings is 1. The van der Waals surface area contributed by atoms with Gasteiger partial charge >= 0.3 is 0 Å². The number of aryl methyl sites for hydroxylation is 1. The Balaban J connectivity index is 1.10. The Morgan fingerprint density at radius 2 is 1.97 bits per heavy atom. The number of benzene rings is 2. The van der Waals surface area contributed by atoms with Gasteiger partial charge in [-0.25, -0.2) is 4.39 Å². The van der Waals surface area contributed by atoms with Gasteiger partial charge in [0.2, 0.25) is 0 Å². The lowest BCUT2D eigenvalue weighted by Gasteiger charge is -2.30. The average Bonchev–Trinajstić information content (AvgIpc) is 3.22. The first-order chi connectivity index (χ1) is 15.6. The molecule has 0 spiro atoms. The summed E-state index contributed by atoms with van der Waals surface area (Å²) >= 11 is 0. The number of hydrogen-bond donors (Lipinski definition) is 0. The SMILES string of the molecule is Cc1coc2cc(OCCCN3CCC(c4onc5cc(F)ccc45)CC3)ccc2c1=O. The van der Waals surface area contributed by atoms with E-state index in [4.69, 9.17) is 13.7 Å². The summed E-state index contributed by atoms with van der Waals surface area (Å²) in [4.78, 5) is 14.6. The van der Waals surface area contributed by atoms with Gasteiger partial charge in [0.25, 0.3) is 0 Å². The number of halogens is 1. The zero-order valence-electron chi connectivity index (χ0n) is 18.0. The van der Waals surface area contributed by atoms with Gasteiger partial charge in [-0.1, -0.05) is 5.16 Å². The Hall–Kier alpha value is -3.19. The highest BCUT2D eigenvalue weighted by Gasteiger charge is 2.25. The van der Waals surface area contributed by atoms with E-state index in [9.17, 15) is 9.18 Å². The second-order valence-corrected chi connectivity index (χ2v) is 8.43. The summed E-state index contributed by atoms with van der Waals surface area (Å²) in [6.45, 7) is 5.26. The predicted molar refractivity (Wildman–Crippen MR) is 120 cm³/mol. The molecule has 0 saturated carbocycles. The number of ether oxygens (including phenoxy) is 1. The van der Waals surface area contributed by atoms with Crippen LogP contribution in [-0.2, 0) is 0 Å². The van der Waals surface area contributed by atoms with Crippen molar-refractivity contribution in [1.82, 2.24) is 10.1 Å². The molecule has 0 unspecified atom stereocenters. The van der Waals surface area contributed by atoms with Crippen LogP contribution in [0.2, 0.25) is 0 Å². The van der Waals surface area contributed by atoms with Crippen LogP contribution in [0.3, 0.4) is 0 Å². The number of rotatable bonds is 6. The molecular formula is C25H25FN2O4. The summed E-state index contributed by atoms with van der Waals surface area (Å²) in [7, 11) is 0. The number of nitrogens with zero attached hydrogens (tertiary/aromatic N) is 2. The van der Waals surface area contributed by atoms with E-state index in [0.29, 0.717) is 40.3 Å². The van der Waals surface area contributed by atoms with E-state index in [1.54, 1.807) is 25.1 Å². The summed E-state index contributed by atoms with van der Waals surface area (Å²) in [5.41, 5.74) is 1.72. The third-order valence-corrected chi connectivity index (χ3v) is 6.23. The Morgan fingerprint density at radius 1 is 1.16 bits per heavy atom. The van der Waals surface area contributed by atoms with Gasteiger partial charge in [-0.05, 0) is 63.5 Å². The number of aromatic nitrogens is 1. The molecule has 3 heterocycles. The standard InChI is InChI=1S/C25H25FN2O4/c1-16-15-31-23-14-19(4-6-21(23)24(16)29)30-12-2-9-28-10-7-17(8-11-28)25-20-5-3-18(26)13-22(20)27-32-25/h3-6,13-15,17H,2,7-12H2,1H3. The van der Waals surface area contributed by atoms with E-state index < -0.39 is 0 Å². The zero-order chi connectivity index (χ0) is 22.1. The van der Waals surface area contributed by atoms with Gasteiger partial charge in [0.15, 0.2) is 5.43 Å². The molecule has 1 aliphatic heterocycles. The molecule has 2 aromatic carbocycles. The molecule has 4 aromatic rings. The molecular weight excluding hydrogens is 411 g/mol. The largest absolute Gasteiger partial charge is 0.493 e. The first-order valence-electron chi connectivity index (χ1n) is 11.0. The first kappa shape index (κ1) is 20.7.